The second-order valence-electron chi connectivity index (χ2n) is 8.92. The Morgan fingerprint density at radius 3 is 2.46 bits per heavy atom. The molecule has 0 aromatic heterocycles. The van der Waals surface area contributed by atoms with Crippen LogP contribution in [0.4, 0.5) is 4.39 Å². The lowest BCUT2D eigenvalue weighted by atomic mass is 9.96. The van der Waals surface area contributed by atoms with Gasteiger partial charge in [0.25, 0.3) is 0 Å². The van der Waals surface area contributed by atoms with E-state index in [4.69, 9.17) is 32.7 Å². The number of ether oxygens (including phenoxy) is 2. The van der Waals surface area contributed by atoms with Crippen molar-refractivity contribution in [1.29, 1.82) is 5.26 Å². The Kier molecular flexibility index (Phi) is 6.89. The fourth-order valence-corrected chi connectivity index (χ4v) is 4.67. The van der Waals surface area contributed by atoms with E-state index in [2.05, 4.69) is 6.07 Å². The topological polar surface area (TPSA) is 59.3 Å². The Labute approximate surface area is 213 Å². The zero-order valence-corrected chi connectivity index (χ0v) is 20.6. The van der Waals surface area contributed by atoms with E-state index in [-0.39, 0.29) is 12.4 Å². The summed E-state index contributed by atoms with van der Waals surface area (Å²) >= 11 is 12.4. The number of hydrogen-bond donors (Lipinski definition) is 0. The van der Waals surface area contributed by atoms with Gasteiger partial charge >= 0.3 is 5.97 Å². The van der Waals surface area contributed by atoms with Crippen molar-refractivity contribution in [3.05, 3.63) is 101 Å². The van der Waals surface area contributed by atoms with Crippen molar-refractivity contribution in [3.8, 4) is 17.6 Å². The van der Waals surface area contributed by atoms with E-state index in [0.717, 1.165) is 0 Å². The smallest absolute Gasteiger partial charge is 0.311 e. The number of halogens is 3. The molecule has 0 N–H and O–H groups in total. The number of hydrogen-bond acceptors (Lipinski definition) is 4. The summed E-state index contributed by atoms with van der Waals surface area (Å²) in [6.07, 6.45) is 1.62. The van der Waals surface area contributed by atoms with Crippen molar-refractivity contribution in [1.82, 2.24) is 0 Å². The van der Waals surface area contributed by atoms with Gasteiger partial charge in [0.2, 0.25) is 0 Å². The third kappa shape index (κ3) is 4.91. The number of para-hydroxylation sites is 1. The molecule has 0 spiro atoms. The van der Waals surface area contributed by atoms with Crippen molar-refractivity contribution in [3.63, 3.8) is 0 Å². The van der Waals surface area contributed by atoms with Gasteiger partial charge in [0.1, 0.15) is 12.4 Å². The van der Waals surface area contributed by atoms with E-state index < -0.39 is 28.5 Å². The van der Waals surface area contributed by atoms with E-state index in [1.807, 2.05) is 19.9 Å². The first kappa shape index (κ1) is 24.8. The third-order valence-electron chi connectivity index (χ3n) is 6.40. The molecule has 3 aromatic carbocycles. The van der Waals surface area contributed by atoms with Gasteiger partial charge in [-0.25, -0.2) is 4.39 Å². The zero-order chi connectivity index (χ0) is 25.2. The molecule has 2 atom stereocenters. The second-order valence-corrected chi connectivity index (χ2v) is 9.77. The Hall–Kier alpha value is -3.33. The largest absolute Gasteiger partial charge is 0.461 e. The molecule has 1 aliphatic carbocycles. The first-order valence-electron chi connectivity index (χ1n) is 10.9. The van der Waals surface area contributed by atoms with Crippen LogP contribution in [0, 0.1) is 33.9 Å². The molecule has 0 saturated heterocycles. The first-order valence-corrected chi connectivity index (χ1v) is 11.7. The third-order valence-corrected chi connectivity index (χ3v) is 6.98. The van der Waals surface area contributed by atoms with Crippen LogP contribution in [0.5, 0.6) is 11.5 Å². The molecule has 4 rings (SSSR count). The van der Waals surface area contributed by atoms with Crippen LogP contribution in [0.25, 0.3) is 5.03 Å². The Balaban J connectivity index is 1.48. The minimum absolute atomic E-state index is 0.0283. The number of nitriles is 1. The quantitative estimate of drug-likeness (QED) is 0.305. The molecule has 1 aliphatic rings. The van der Waals surface area contributed by atoms with E-state index in [9.17, 15) is 14.4 Å². The van der Waals surface area contributed by atoms with Crippen LogP contribution >= 0.6 is 23.2 Å². The van der Waals surface area contributed by atoms with E-state index in [0.29, 0.717) is 26.9 Å². The predicted octanol–water partition coefficient (Wildman–Crippen LogP) is 7.76. The van der Waals surface area contributed by atoms with Crippen molar-refractivity contribution in [2.75, 3.05) is 0 Å². The summed E-state index contributed by atoms with van der Waals surface area (Å²) in [7, 11) is 0. The number of carbonyl (C=O) groups excluding carboxylic acids is 1. The van der Waals surface area contributed by atoms with E-state index >= 15 is 0 Å². The fraction of sp³-hybridized carbons (Fsp3) is 0.214. The predicted molar refractivity (Wildman–Crippen MR) is 133 cm³/mol. The van der Waals surface area contributed by atoms with Gasteiger partial charge in [-0.2, -0.15) is 5.26 Å². The van der Waals surface area contributed by atoms with Crippen LogP contribution in [0.2, 0.25) is 5.02 Å². The minimum Gasteiger partial charge on any atom is -0.461 e. The SMILES string of the molecule is CC1(C)C(C(=O)OCc2ccc(F)c(Oc3ccccc3)c2)C1(C#N)C=C(Cl)c1ccc(Cl)cc1. The average Bonchev–Trinajstić information content (AvgIpc) is 3.34. The zero-order valence-electron chi connectivity index (χ0n) is 19.1. The fourth-order valence-electron chi connectivity index (χ4n) is 4.25. The van der Waals surface area contributed by atoms with E-state index in [1.165, 1.54) is 18.2 Å². The molecule has 35 heavy (non-hydrogen) atoms. The summed E-state index contributed by atoms with van der Waals surface area (Å²) in [5.74, 6) is -1.24. The molecule has 0 bridgehead atoms. The highest BCUT2D eigenvalue weighted by Gasteiger charge is 2.75. The number of nitrogens with zero attached hydrogens (tertiary/aromatic N) is 1. The van der Waals surface area contributed by atoms with Crippen LogP contribution < -0.4 is 4.74 Å². The summed E-state index contributed by atoms with van der Waals surface area (Å²) in [6.45, 7) is 3.57. The molecule has 0 aliphatic heterocycles. The highest BCUT2D eigenvalue weighted by atomic mass is 35.5. The lowest BCUT2D eigenvalue weighted by molar-refractivity contribution is -0.147. The monoisotopic (exact) mass is 509 g/mol. The molecule has 2 unspecified atom stereocenters. The van der Waals surface area contributed by atoms with Crippen molar-refractivity contribution < 1.29 is 18.7 Å². The molecular formula is C28H22Cl2FNO3. The summed E-state index contributed by atoms with van der Waals surface area (Å²) < 4.78 is 25.4. The van der Waals surface area contributed by atoms with Gasteiger partial charge < -0.3 is 9.47 Å². The molecule has 0 amide bonds. The lowest BCUT2D eigenvalue weighted by Gasteiger charge is -2.10. The van der Waals surface area contributed by atoms with Crippen LogP contribution in [0.15, 0.2) is 78.9 Å². The number of rotatable bonds is 7. The van der Waals surface area contributed by atoms with Gasteiger partial charge in [-0.1, -0.05) is 73.4 Å². The first-order chi connectivity index (χ1) is 16.7. The van der Waals surface area contributed by atoms with Gasteiger partial charge in [-0.15, -0.1) is 0 Å². The number of allylic oxidation sites excluding steroid dienone is 1. The van der Waals surface area contributed by atoms with Crippen molar-refractivity contribution >= 4 is 34.2 Å². The normalized spacial score (nSPS) is 20.6. The molecule has 178 valence electrons. The van der Waals surface area contributed by atoms with Crippen molar-refractivity contribution in [2.45, 2.75) is 20.5 Å². The molecule has 1 saturated carbocycles. The van der Waals surface area contributed by atoms with Gasteiger partial charge in [-0.3, -0.25) is 4.79 Å². The van der Waals surface area contributed by atoms with Gasteiger partial charge in [0.15, 0.2) is 11.6 Å². The lowest BCUT2D eigenvalue weighted by Crippen LogP contribution is -2.12. The van der Waals surface area contributed by atoms with Crippen LogP contribution in [0.3, 0.4) is 0 Å². The molecule has 3 aromatic rings. The molecule has 0 radical (unpaired) electrons. The maximum atomic E-state index is 14.2. The summed E-state index contributed by atoms with van der Waals surface area (Å²) in [6, 6.07) is 22.3. The molecule has 1 fully saturated rings. The van der Waals surface area contributed by atoms with Gasteiger partial charge in [0.05, 0.1) is 17.4 Å². The molecule has 0 heterocycles. The molecule has 4 nitrogen and oxygen atoms in total. The second kappa shape index (κ2) is 9.73. The highest BCUT2D eigenvalue weighted by molar-refractivity contribution is 6.49. The number of carbonyl (C=O) groups is 1. The maximum Gasteiger partial charge on any atom is 0.311 e. The molecule has 7 heteroatoms. The van der Waals surface area contributed by atoms with Crippen molar-refractivity contribution in [2.24, 2.45) is 16.7 Å². The van der Waals surface area contributed by atoms with Crippen LogP contribution in [-0.4, -0.2) is 5.97 Å². The Morgan fingerprint density at radius 1 is 1.11 bits per heavy atom. The van der Waals surface area contributed by atoms with E-state index in [1.54, 1.807) is 54.6 Å². The summed E-state index contributed by atoms with van der Waals surface area (Å²) in [4.78, 5) is 13.0. The van der Waals surface area contributed by atoms with Crippen LogP contribution in [-0.2, 0) is 16.1 Å². The maximum absolute atomic E-state index is 14.2. The van der Waals surface area contributed by atoms with Crippen LogP contribution in [0.1, 0.15) is 25.0 Å². The number of esters is 1. The molecular weight excluding hydrogens is 488 g/mol. The standard InChI is InChI=1S/C28H22Cl2FNO3/c1-27(2)25(28(27,17-32)15-22(30)19-9-11-20(29)12-10-19)26(33)34-16-18-8-13-23(31)24(14-18)35-21-6-4-3-5-7-21/h3-15,25H,16H2,1-2H3. The average molecular weight is 510 g/mol. The summed E-state index contributed by atoms with van der Waals surface area (Å²) in [5, 5.41) is 10.9. The van der Waals surface area contributed by atoms with Gasteiger partial charge in [-0.05, 0) is 53.6 Å². The Morgan fingerprint density at radius 2 is 1.80 bits per heavy atom. The number of benzene rings is 3. The Bertz CT molecular complexity index is 1320. The summed E-state index contributed by atoms with van der Waals surface area (Å²) in [5.41, 5.74) is -0.555. The minimum atomic E-state index is -1.12. The van der Waals surface area contributed by atoms with Gasteiger partial charge in [0, 0.05) is 15.5 Å². The highest BCUT2D eigenvalue weighted by Crippen LogP contribution is 2.70.